The number of aromatic nitrogens is 2. The number of amides is 3. The Morgan fingerprint density at radius 3 is 2.62 bits per heavy atom. The number of H-pyrrole nitrogens is 1. The van der Waals surface area contributed by atoms with Gasteiger partial charge in [-0.3, -0.25) is 14.4 Å². The number of para-hydroxylation sites is 3. The molecule has 0 spiro atoms. The average molecular weight is 434 g/mol. The molecule has 3 amide bonds. The van der Waals surface area contributed by atoms with Gasteiger partial charge in [-0.15, -0.1) is 0 Å². The summed E-state index contributed by atoms with van der Waals surface area (Å²) in [5.74, 6) is 0.208. The Balaban J connectivity index is 1.41. The van der Waals surface area contributed by atoms with E-state index in [1.807, 2.05) is 24.3 Å². The van der Waals surface area contributed by atoms with E-state index in [4.69, 9.17) is 0 Å². The van der Waals surface area contributed by atoms with Crippen LogP contribution in [0.1, 0.15) is 55.3 Å². The number of hydrogen-bond acceptors (Lipinski definition) is 4. The minimum absolute atomic E-state index is 0.101. The second kappa shape index (κ2) is 9.21. The number of aromatic amines is 1. The summed E-state index contributed by atoms with van der Waals surface area (Å²) in [7, 11) is 0. The summed E-state index contributed by atoms with van der Waals surface area (Å²) in [5.41, 5.74) is 2.66. The van der Waals surface area contributed by atoms with Gasteiger partial charge in [0.1, 0.15) is 11.9 Å². The van der Waals surface area contributed by atoms with E-state index in [1.54, 1.807) is 24.3 Å². The summed E-state index contributed by atoms with van der Waals surface area (Å²) in [4.78, 5) is 45.7. The Hall–Kier alpha value is -3.68. The van der Waals surface area contributed by atoms with Crippen molar-refractivity contribution in [3.63, 3.8) is 0 Å². The van der Waals surface area contributed by atoms with Crippen molar-refractivity contribution in [2.24, 2.45) is 5.92 Å². The maximum atomic E-state index is 12.8. The van der Waals surface area contributed by atoms with Crippen LogP contribution in [0.25, 0.3) is 11.0 Å². The van der Waals surface area contributed by atoms with E-state index in [0.29, 0.717) is 23.0 Å². The first-order valence-corrected chi connectivity index (χ1v) is 10.9. The molecular weight excluding hydrogens is 406 g/mol. The van der Waals surface area contributed by atoms with Crippen LogP contribution in [-0.2, 0) is 9.59 Å². The summed E-state index contributed by atoms with van der Waals surface area (Å²) in [5, 5.41) is 8.54. The third kappa shape index (κ3) is 4.80. The predicted octanol–water partition coefficient (Wildman–Crippen LogP) is 3.30. The van der Waals surface area contributed by atoms with Gasteiger partial charge < -0.3 is 20.9 Å². The van der Waals surface area contributed by atoms with E-state index in [-0.39, 0.29) is 36.6 Å². The number of hydrogen-bond donors (Lipinski definition) is 4. The Bertz CT molecular complexity index is 1120. The molecular formula is C24H27N5O3. The number of carbonyl (C=O) groups excluding carboxylic acids is 3. The molecule has 8 heteroatoms. The SMILES string of the molecule is CC(C)C[C@@H](NC(=O)CC[C@@H]1NC(=O)c2ccccc2NC1=O)c1nc2ccccc2[nH]1. The molecule has 2 aromatic carbocycles. The van der Waals surface area contributed by atoms with E-state index in [1.165, 1.54) is 0 Å². The molecule has 2 atom stereocenters. The lowest BCUT2D eigenvalue weighted by atomic mass is 10.0. The number of nitrogens with zero attached hydrogens (tertiary/aromatic N) is 1. The second-order valence-corrected chi connectivity index (χ2v) is 8.49. The van der Waals surface area contributed by atoms with Gasteiger partial charge in [0.15, 0.2) is 0 Å². The van der Waals surface area contributed by atoms with Crippen LogP contribution in [0.4, 0.5) is 5.69 Å². The van der Waals surface area contributed by atoms with Crippen LogP contribution in [0.15, 0.2) is 48.5 Å². The molecule has 166 valence electrons. The molecule has 1 aliphatic heterocycles. The smallest absolute Gasteiger partial charge is 0.254 e. The molecule has 0 fully saturated rings. The van der Waals surface area contributed by atoms with Crippen LogP contribution < -0.4 is 16.0 Å². The molecule has 8 nitrogen and oxygen atoms in total. The van der Waals surface area contributed by atoms with Gasteiger partial charge >= 0.3 is 0 Å². The molecule has 0 saturated carbocycles. The largest absolute Gasteiger partial charge is 0.346 e. The predicted molar refractivity (Wildman–Crippen MR) is 122 cm³/mol. The third-order valence-electron chi connectivity index (χ3n) is 5.49. The maximum Gasteiger partial charge on any atom is 0.254 e. The molecule has 1 aromatic heterocycles. The lowest BCUT2D eigenvalue weighted by molar-refractivity contribution is -0.122. The first kappa shape index (κ1) is 21.5. The van der Waals surface area contributed by atoms with Gasteiger partial charge in [-0.25, -0.2) is 4.98 Å². The second-order valence-electron chi connectivity index (χ2n) is 8.49. The zero-order valence-corrected chi connectivity index (χ0v) is 18.1. The lowest BCUT2D eigenvalue weighted by Crippen LogP contribution is -2.42. The number of benzene rings is 2. The zero-order chi connectivity index (χ0) is 22.7. The van der Waals surface area contributed by atoms with Crippen molar-refractivity contribution in [3.8, 4) is 0 Å². The van der Waals surface area contributed by atoms with Crippen molar-refractivity contribution in [1.82, 2.24) is 20.6 Å². The fourth-order valence-electron chi connectivity index (χ4n) is 3.90. The number of fused-ring (bicyclic) bond motifs is 2. The van der Waals surface area contributed by atoms with Gasteiger partial charge in [0, 0.05) is 6.42 Å². The molecule has 0 saturated heterocycles. The summed E-state index contributed by atoms with van der Waals surface area (Å²) in [6, 6.07) is 13.5. The fraction of sp³-hybridized carbons (Fsp3) is 0.333. The Labute approximate surface area is 186 Å². The molecule has 3 aromatic rings. The monoisotopic (exact) mass is 433 g/mol. The normalized spacial score (nSPS) is 16.8. The van der Waals surface area contributed by atoms with Crippen LogP contribution in [-0.4, -0.2) is 33.7 Å². The van der Waals surface area contributed by atoms with Crippen LogP contribution in [0, 0.1) is 5.92 Å². The highest BCUT2D eigenvalue weighted by Crippen LogP contribution is 2.23. The van der Waals surface area contributed by atoms with Gasteiger partial charge in [0.25, 0.3) is 5.91 Å². The highest BCUT2D eigenvalue weighted by atomic mass is 16.2. The minimum atomic E-state index is -0.782. The van der Waals surface area contributed by atoms with Crippen LogP contribution >= 0.6 is 0 Å². The van der Waals surface area contributed by atoms with E-state index in [2.05, 4.69) is 39.8 Å². The topological polar surface area (TPSA) is 116 Å². The zero-order valence-electron chi connectivity index (χ0n) is 18.1. The van der Waals surface area contributed by atoms with Gasteiger partial charge in [0.2, 0.25) is 11.8 Å². The van der Waals surface area contributed by atoms with Gasteiger partial charge in [-0.05, 0) is 43.0 Å². The third-order valence-corrected chi connectivity index (χ3v) is 5.49. The number of anilines is 1. The summed E-state index contributed by atoms with van der Waals surface area (Å²) in [6.07, 6.45) is 1.02. The van der Waals surface area contributed by atoms with Crippen molar-refractivity contribution >= 4 is 34.4 Å². The van der Waals surface area contributed by atoms with Gasteiger partial charge in [0.05, 0.1) is 28.3 Å². The molecule has 4 rings (SSSR count). The minimum Gasteiger partial charge on any atom is -0.346 e. The maximum absolute atomic E-state index is 12.8. The first-order chi connectivity index (χ1) is 15.4. The molecule has 0 bridgehead atoms. The van der Waals surface area contributed by atoms with Crippen molar-refractivity contribution in [1.29, 1.82) is 0 Å². The standard InChI is InChI=1S/C24H27N5O3/c1-14(2)13-20(22-26-17-9-5-6-10-18(17)27-22)25-21(30)12-11-19-24(32)28-16-8-4-3-7-15(16)23(31)29-19/h3-10,14,19-20H,11-13H2,1-2H3,(H,25,30)(H,26,27)(H,28,32)(H,29,31)/t19-,20+/m0/s1. The quantitative estimate of drug-likeness (QED) is 0.457. The van der Waals surface area contributed by atoms with Crippen LogP contribution in [0.2, 0.25) is 0 Å². The van der Waals surface area contributed by atoms with Gasteiger partial charge in [-0.1, -0.05) is 38.1 Å². The van der Waals surface area contributed by atoms with Crippen molar-refractivity contribution < 1.29 is 14.4 Å². The summed E-state index contributed by atoms with van der Waals surface area (Å²) >= 11 is 0. The van der Waals surface area contributed by atoms with Crippen molar-refractivity contribution in [2.75, 3.05) is 5.32 Å². The van der Waals surface area contributed by atoms with Crippen LogP contribution in [0.5, 0.6) is 0 Å². The number of imidazole rings is 1. The van der Waals surface area contributed by atoms with E-state index < -0.39 is 6.04 Å². The molecule has 0 aliphatic carbocycles. The molecule has 2 heterocycles. The first-order valence-electron chi connectivity index (χ1n) is 10.9. The van der Waals surface area contributed by atoms with Crippen molar-refractivity contribution in [2.45, 2.75) is 45.2 Å². The Morgan fingerprint density at radius 1 is 1.09 bits per heavy atom. The summed E-state index contributed by atoms with van der Waals surface area (Å²) in [6.45, 7) is 4.18. The Kier molecular flexibility index (Phi) is 6.20. The van der Waals surface area contributed by atoms with Crippen molar-refractivity contribution in [3.05, 3.63) is 59.9 Å². The lowest BCUT2D eigenvalue weighted by Gasteiger charge is -2.20. The molecule has 0 radical (unpaired) electrons. The fourth-order valence-corrected chi connectivity index (χ4v) is 3.90. The molecule has 0 unspecified atom stereocenters. The number of rotatable bonds is 7. The Morgan fingerprint density at radius 2 is 1.84 bits per heavy atom. The van der Waals surface area contributed by atoms with Crippen LogP contribution in [0.3, 0.4) is 0 Å². The molecule has 4 N–H and O–H groups in total. The molecule has 1 aliphatic rings. The number of carbonyl (C=O) groups is 3. The summed E-state index contributed by atoms with van der Waals surface area (Å²) < 4.78 is 0. The molecule has 32 heavy (non-hydrogen) atoms. The average Bonchev–Trinajstić information content (AvgIpc) is 3.15. The highest BCUT2D eigenvalue weighted by Gasteiger charge is 2.28. The van der Waals surface area contributed by atoms with E-state index in [0.717, 1.165) is 17.5 Å². The van der Waals surface area contributed by atoms with E-state index >= 15 is 0 Å². The van der Waals surface area contributed by atoms with Gasteiger partial charge in [-0.2, -0.15) is 0 Å². The van der Waals surface area contributed by atoms with E-state index in [9.17, 15) is 14.4 Å². The highest BCUT2D eigenvalue weighted by molar-refractivity contribution is 6.09. The number of nitrogens with one attached hydrogen (secondary N) is 4.